The highest BCUT2D eigenvalue weighted by Gasteiger charge is 2.49. The fourth-order valence-corrected chi connectivity index (χ4v) is 5.79. The fourth-order valence-electron chi connectivity index (χ4n) is 4.08. The number of rotatable bonds is 4. The molecule has 2 aliphatic rings. The Morgan fingerprint density at radius 2 is 1.76 bits per heavy atom. The van der Waals surface area contributed by atoms with E-state index >= 15 is 0 Å². The van der Waals surface area contributed by atoms with Crippen LogP contribution in [0.5, 0.6) is 5.75 Å². The summed E-state index contributed by atoms with van der Waals surface area (Å²) in [6.07, 6.45) is 0. The van der Waals surface area contributed by atoms with Gasteiger partial charge in [-0.2, -0.15) is 4.31 Å². The first kappa shape index (κ1) is 16.6. The molecule has 2 aromatic carbocycles. The zero-order chi connectivity index (χ0) is 17.4. The van der Waals surface area contributed by atoms with E-state index in [-0.39, 0.29) is 6.04 Å². The van der Waals surface area contributed by atoms with Crippen molar-refractivity contribution in [3.05, 3.63) is 60.2 Å². The number of nitrogens with zero attached hydrogens (tertiary/aromatic N) is 1. The predicted octanol–water partition coefficient (Wildman–Crippen LogP) is 2.28. The number of nitrogens with one attached hydrogen (secondary N) is 1. The third-order valence-electron chi connectivity index (χ3n) is 5.33. The molecule has 0 aliphatic carbocycles. The van der Waals surface area contributed by atoms with E-state index in [1.165, 1.54) is 0 Å². The Kier molecular flexibility index (Phi) is 4.27. The SMILES string of the molecule is COc1ccc(S(=O)(=O)N2C[C@@H]3CNC[C@@H]3[C@H]2c2ccccc2)cc1. The Morgan fingerprint density at radius 3 is 2.44 bits per heavy atom. The summed E-state index contributed by atoms with van der Waals surface area (Å²) in [5, 5.41) is 3.41. The van der Waals surface area contributed by atoms with E-state index in [0.717, 1.165) is 18.7 Å². The first-order valence-electron chi connectivity index (χ1n) is 8.53. The lowest BCUT2D eigenvalue weighted by Gasteiger charge is -2.27. The molecule has 25 heavy (non-hydrogen) atoms. The standard InChI is InChI=1S/C19H22N2O3S/c1-24-16-7-9-17(10-8-16)25(22,23)21-13-15-11-20-12-18(15)19(21)14-5-3-2-4-6-14/h2-10,15,18-20H,11-13H2,1H3/t15-,18-,19+/m0/s1. The molecule has 132 valence electrons. The summed E-state index contributed by atoms with van der Waals surface area (Å²) >= 11 is 0. The smallest absolute Gasteiger partial charge is 0.243 e. The first-order valence-corrected chi connectivity index (χ1v) is 9.97. The lowest BCUT2D eigenvalue weighted by Crippen LogP contribution is -2.34. The molecule has 4 rings (SSSR count). The van der Waals surface area contributed by atoms with Crippen LogP contribution in [-0.4, -0.2) is 39.5 Å². The Morgan fingerprint density at radius 1 is 1.04 bits per heavy atom. The molecule has 6 heteroatoms. The van der Waals surface area contributed by atoms with Crippen molar-refractivity contribution in [2.24, 2.45) is 11.8 Å². The van der Waals surface area contributed by atoms with Gasteiger partial charge in [0, 0.05) is 13.1 Å². The van der Waals surface area contributed by atoms with Crippen molar-refractivity contribution in [3.63, 3.8) is 0 Å². The highest BCUT2D eigenvalue weighted by Crippen LogP contribution is 2.45. The molecule has 2 aromatic rings. The van der Waals surface area contributed by atoms with Crippen molar-refractivity contribution in [1.29, 1.82) is 0 Å². The van der Waals surface area contributed by atoms with Gasteiger partial charge in [-0.3, -0.25) is 0 Å². The highest BCUT2D eigenvalue weighted by atomic mass is 32.2. The monoisotopic (exact) mass is 358 g/mol. The Hall–Kier alpha value is -1.89. The maximum atomic E-state index is 13.3. The molecule has 2 aliphatic heterocycles. The molecular weight excluding hydrogens is 336 g/mol. The van der Waals surface area contributed by atoms with Gasteiger partial charge in [-0.15, -0.1) is 0 Å². The molecule has 0 unspecified atom stereocenters. The van der Waals surface area contributed by atoms with Crippen LogP contribution in [0.4, 0.5) is 0 Å². The molecule has 2 heterocycles. The molecule has 0 amide bonds. The van der Waals surface area contributed by atoms with Crippen LogP contribution in [0.15, 0.2) is 59.5 Å². The third-order valence-corrected chi connectivity index (χ3v) is 7.19. The average Bonchev–Trinajstić information content (AvgIpc) is 3.24. The van der Waals surface area contributed by atoms with Gasteiger partial charge in [0.25, 0.3) is 0 Å². The summed E-state index contributed by atoms with van der Waals surface area (Å²) in [6, 6.07) is 16.5. The number of sulfonamides is 1. The summed E-state index contributed by atoms with van der Waals surface area (Å²) in [5.41, 5.74) is 1.07. The number of methoxy groups -OCH3 is 1. The van der Waals surface area contributed by atoms with E-state index < -0.39 is 10.0 Å². The van der Waals surface area contributed by atoms with Gasteiger partial charge in [-0.05, 0) is 48.2 Å². The van der Waals surface area contributed by atoms with Crippen molar-refractivity contribution in [1.82, 2.24) is 9.62 Å². The molecule has 0 radical (unpaired) electrons. The molecule has 5 nitrogen and oxygen atoms in total. The van der Waals surface area contributed by atoms with Crippen molar-refractivity contribution in [2.75, 3.05) is 26.7 Å². The van der Waals surface area contributed by atoms with Gasteiger partial charge >= 0.3 is 0 Å². The number of hydrogen-bond donors (Lipinski definition) is 1. The van der Waals surface area contributed by atoms with Gasteiger partial charge in [0.15, 0.2) is 0 Å². The molecule has 0 aromatic heterocycles. The van der Waals surface area contributed by atoms with Gasteiger partial charge in [-0.25, -0.2) is 8.42 Å². The maximum absolute atomic E-state index is 13.3. The molecule has 2 saturated heterocycles. The molecule has 0 saturated carbocycles. The summed E-state index contributed by atoms with van der Waals surface area (Å²) in [6.45, 7) is 2.30. The second-order valence-electron chi connectivity index (χ2n) is 6.69. The quantitative estimate of drug-likeness (QED) is 0.911. The molecule has 3 atom stereocenters. The van der Waals surface area contributed by atoms with Gasteiger partial charge in [0.05, 0.1) is 18.0 Å². The Labute approximate surface area is 148 Å². The van der Waals surface area contributed by atoms with E-state index in [2.05, 4.69) is 5.32 Å². The molecule has 0 spiro atoms. The van der Waals surface area contributed by atoms with Gasteiger partial charge in [-0.1, -0.05) is 30.3 Å². The Bertz CT molecular complexity index is 837. The van der Waals surface area contributed by atoms with E-state index in [1.54, 1.807) is 35.7 Å². The van der Waals surface area contributed by atoms with Crippen LogP contribution in [0.25, 0.3) is 0 Å². The van der Waals surface area contributed by atoms with Crippen LogP contribution < -0.4 is 10.1 Å². The average molecular weight is 358 g/mol. The minimum Gasteiger partial charge on any atom is -0.497 e. The van der Waals surface area contributed by atoms with Crippen LogP contribution in [0.2, 0.25) is 0 Å². The largest absolute Gasteiger partial charge is 0.497 e. The first-order chi connectivity index (χ1) is 12.1. The summed E-state index contributed by atoms with van der Waals surface area (Å²) in [7, 11) is -1.98. The number of ether oxygens (including phenoxy) is 1. The van der Waals surface area contributed by atoms with Crippen molar-refractivity contribution < 1.29 is 13.2 Å². The summed E-state index contributed by atoms with van der Waals surface area (Å²) < 4.78 is 33.5. The number of benzene rings is 2. The zero-order valence-electron chi connectivity index (χ0n) is 14.1. The molecule has 0 bridgehead atoms. The van der Waals surface area contributed by atoms with Crippen molar-refractivity contribution in [2.45, 2.75) is 10.9 Å². The van der Waals surface area contributed by atoms with Gasteiger partial charge < -0.3 is 10.1 Å². The fraction of sp³-hybridized carbons (Fsp3) is 0.368. The van der Waals surface area contributed by atoms with Crippen LogP contribution in [0.3, 0.4) is 0 Å². The highest BCUT2D eigenvalue weighted by molar-refractivity contribution is 7.89. The van der Waals surface area contributed by atoms with E-state index in [9.17, 15) is 8.42 Å². The van der Waals surface area contributed by atoms with Crippen molar-refractivity contribution in [3.8, 4) is 5.75 Å². The van der Waals surface area contributed by atoms with Gasteiger partial charge in [0.2, 0.25) is 10.0 Å². The van der Waals surface area contributed by atoms with E-state index in [0.29, 0.717) is 29.0 Å². The topological polar surface area (TPSA) is 58.6 Å². The van der Waals surface area contributed by atoms with Gasteiger partial charge in [0.1, 0.15) is 5.75 Å². The van der Waals surface area contributed by atoms with Crippen LogP contribution >= 0.6 is 0 Å². The summed E-state index contributed by atoms with van der Waals surface area (Å²) in [4.78, 5) is 0.321. The third kappa shape index (κ3) is 2.84. The minimum atomic E-state index is -3.55. The van der Waals surface area contributed by atoms with Crippen LogP contribution in [-0.2, 0) is 10.0 Å². The molecule has 2 fully saturated rings. The Balaban J connectivity index is 1.73. The minimum absolute atomic E-state index is 0.117. The van der Waals surface area contributed by atoms with Crippen LogP contribution in [0, 0.1) is 11.8 Å². The zero-order valence-corrected chi connectivity index (χ0v) is 14.9. The van der Waals surface area contributed by atoms with Crippen molar-refractivity contribution >= 4 is 10.0 Å². The van der Waals surface area contributed by atoms with E-state index in [4.69, 9.17) is 4.74 Å². The number of hydrogen-bond acceptors (Lipinski definition) is 4. The molecular formula is C19H22N2O3S. The molecule has 1 N–H and O–H groups in total. The maximum Gasteiger partial charge on any atom is 0.243 e. The number of fused-ring (bicyclic) bond motifs is 1. The summed E-state index contributed by atoms with van der Waals surface area (Å²) in [5.74, 6) is 1.33. The normalized spacial score (nSPS) is 26.5. The van der Waals surface area contributed by atoms with E-state index in [1.807, 2.05) is 30.3 Å². The second-order valence-corrected chi connectivity index (χ2v) is 8.58. The lowest BCUT2D eigenvalue weighted by atomic mass is 9.90. The predicted molar refractivity (Wildman–Crippen MR) is 95.9 cm³/mol. The van der Waals surface area contributed by atoms with Crippen LogP contribution in [0.1, 0.15) is 11.6 Å². The lowest BCUT2D eigenvalue weighted by molar-refractivity contribution is 0.345. The second kappa shape index (κ2) is 6.44.